The summed E-state index contributed by atoms with van der Waals surface area (Å²) in [5.74, 6) is -2.90. The monoisotopic (exact) mass is 481 g/mol. The number of rotatable bonds is 6. The molecule has 1 aromatic carbocycles. The molecule has 1 atom stereocenters. The van der Waals surface area contributed by atoms with Gasteiger partial charge in [-0.25, -0.2) is 28.4 Å². The Labute approximate surface area is 178 Å². The van der Waals surface area contributed by atoms with Crippen LogP contribution in [0.15, 0.2) is 36.5 Å². The number of carbonyl (C=O) groups is 2. The minimum Gasteiger partial charge on any atom is -0.325 e. The lowest BCUT2D eigenvalue weighted by Crippen LogP contribution is -2.53. The van der Waals surface area contributed by atoms with E-state index >= 15 is 0 Å². The van der Waals surface area contributed by atoms with E-state index in [1.807, 2.05) is 5.32 Å². The van der Waals surface area contributed by atoms with Gasteiger partial charge in [-0.05, 0) is 29.8 Å². The van der Waals surface area contributed by atoms with Crippen molar-refractivity contribution in [3.05, 3.63) is 59.4 Å². The average Bonchev–Trinajstić information content (AvgIpc) is 2.63. The Bertz CT molecular complexity index is 1090. The molecule has 15 heteroatoms. The molecular formula is C17H16F5N5O4S. The third-order valence-electron chi connectivity index (χ3n) is 3.96. The molecule has 0 aliphatic rings. The summed E-state index contributed by atoms with van der Waals surface area (Å²) in [7, 11) is -3.35. The van der Waals surface area contributed by atoms with Crippen molar-refractivity contribution in [3.8, 4) is 0 Å². The zero-order valence-electron chi connectivity index (χ0n) is 16.2. The first-order valence-electron chi connectivity index (χ1n) is 8.52. The standard InChI is InChI=1S/C17H16F5N5O4S/c1-27(12-2-3-14(24-8-12)17(20,21)22)15(28)13(25-16(29)26-32(23,30)31)6-9-4-10(18)7-11(19)5-9/h2-5,7-8,13H,6H2,1H3,(H2,23,30,31)(H2,25,26,29)/t13-/m0/s1. The molecule has 1 aromatic heterocycles. The molecule has 0 aliphatic carbocycles. The fourth-order valence-electron chi connectivity index (χ4n) is 2.59. The van der Waals surface area contributed by atoms with Gasteiger partial charge in [-0.15, -0.1) is 0 Å². The molecule has 0 fully saturated rings. The van der Waals surface area contributed by atoms with Crippen molar-refractivity contribution in [1.82, 2.24) is 15.0 Å². The molecule has 9 nitrogen and oxygen atoms in total. The van der Waals surface area contributed by atoms with Crippen LogP contribution in [0.2, 0.25) is 0 Å². The molecule has 4 N–H and O–H groups in total. The van der Waals surface area contributed by atoms with Crippen LogP contribution >= 0.6 is 0 Å². The van der Waals surface area contributed by atoms with Gasteiger partial charge in [0.15, 0.2) is 0 Å². The van der Waals surface area contributed by atoms with Gasteiger partial charge in [0.05, 0.1) is 11.9 Å². The number of hydrogen-bond acceptors (Lipinski definition) is 5. The van der Waals surface area contributed by atoms with Crippen LogP contribution in [0.1, 0.15) is 11.3 Å². The first-order valence-corrected chi connectivity index (χ1v) is 10.1. The maximum absolute atomic E-state index is 13.5. The summed E-state index contributed by atoms with van der Waals surface area (Å²) in [6, 6.07) is 0.882. The van der Waals surface area contributed by atoms with Crippen LogP contribution in [-0.4, -0.2) is 38.4 Å². The second kappa shape index (κ2) is 9.44. The molecule has 3 amide bonds. The molecule has 2 aromatic rings. The topological polar surface area (TPSA) is 134 Å². The predicted molar refractivity (Wildman–Crippen MR) is 101 cm³/mol. The van der Waals surface area contributed by atoms with Crippen molar-refractivity contribution in [2.45, 2.75) is 18.6 Å². The molecule has 0 saturated heterocycles. The Morgan fingerprint density at radius 2 is 1.75 bits per heavy atom. The number of halogens is 5. The lowest BCUT2D eigenvalue weighted by Gasteiger charge is -2.25. The van der Waals surface area contributed by atoms with Crippen molar-refractivity contribution >= 4 is 27.8 Å². The van der Waals surface area contributed by atoms with Crippen LogP contribution < -0.4 is 20.1 Å². The summed E-state index contributed by atoms with van der Waals surface area (Å²) >= 11 is 0. The van der Waals surface area contributed by atoms with Crippen molar-refractivity contribution < 1.29 is 40.0 Å². The maximum atomic E-state index is 13.5. The number of hydrogen-bond donors (Lipinski definition) is 3. The van der Waals surface area contributed by atoms with Crippen LogP contribution in [0.3, 0.4) is 0 Å². The van der Waals surface area contributed by atoms with Crippen LogP contribution in [-0.2, 0) is 27.6 Å². The molecule has 0 aliphatic heterocycles. The zero-order chi connectivity index (χ0) is 24.3. The third-order valence-corrected chi connectivity index (χ3v) is 4.43. The highest BCUT2D eigenvalue weighted by molar-refractivity contribution is 7.87. The minimum atomic E-state index is -4.71. The third kappa shape index (κ3) is 7.12. The minimum absolute atomic E-state index is 0.0734. The van der Waals surface area contributed by atoms with E-state index in [-0.39, 0.29) is 11.3 Å². The van der Waals surface area contributed by atoms with Crippen molar-refractivity contribution in [3.63, 3.8) is 0 Å². The van der Waals surface area contributed by atoms with E-state index in [0.29, 0.717) is 12.1 Å². The lowest BCUT2D eigenvalue weighted by atomic mass is 10.0. The van der Waals surface area contributed by atoms with E-state index in [2.05, 4.69) is 10.1 Å². The Kier molecular flexibility index (Phi) is 7.35. The summed E-state index contributed by atoms with van der Waals surface area (Å²) < 4.78 is 88.4. The fourth-order valence-corrected chi connectivity index (χ4v) is 2.91. The predicted octanol–water partition coefficient (Wildman–Crippen LogP) is 1.46. The first kappa shape index (κ1) is 24.9. The van der Waals surface area contributed by atoms with Crippen molar-refractivity contribution in [1.29, 1.82) is 0 Å². The number of nitrogens with zero attached hydrogens (tertiary/aromatic N) is 2. The number of likely N-dealkylation sites (N-methyl/N-ethyl adjacent to an activating group) is 1. The van der Waals surface area contributed by atoms with E-state index in [1.54, 1.807) is 0 Å². The van der Waals surface area contributed by atoms with Crippen LogP contribution in [0.4, 0.5) is 32.4 Å². The molecule has 0 unspecified atom stereocenters. The molecular weight excluding hydrogens is 465 g/mol. The normalized spacial score (nSPS) is 12.7. The van der Waals surface area contributed by atoms with Crippen LogP contribution in [0, 0.1) is 11.6 Å². The van der Waals surface area contributed by atoms with E-state index in [9.17, 15) is 40.0 Å². The van der Waals surface area contributed by atoms with Crippen molar-refractivity contribution in [2.75, 3.05) is 11.9 Å². The Balaban J connectivity index is 2.31. The number of nitrogens with two attached hydrogens (primary N) is 1. The summed E-state index contributed by atoms with van der Waals surface area (Å²) in [6.45, 7) is 0. The maximum Gasteiger partial charge on any atom is 0.433 e. The van der Waals surface area contributed by atoms with Crippen LogP contribution in [0.5, 0.6) is 0 Å². The van der Waals surface area contributed by atoms with Gasteiger partial charge >= 0.3 is 12.2 Å². The van der Waals surface area contributed by atoms with Gasteiger partial charge in [0.1, 0.15) is 23.4 Å². The highest BCUT2D eigenvalue weighted by atomic mass is 32.2. The number of aromatic nitrogens is 1. The number of urea groups is 1. The number of pyridine rings is 1. The second-order valence-corrected chi connectivity index (χ2v) is 7.75. The Morgan fingerprint density at radius 1 is 1.16 bits per heavy atom. The van der Waals surface area contributed by atoms with Gasteiger partial charge in [-0.3, -0.25) is 4.79 Å². The smallest absolute Gasteiger partial charge is 0.325 e. The van der Waals surface area contributed by atoms with Crippen LogP contribution in [0.25, 0.3) is 0 Å². The largest absolute Gasteiger partial charge is 0.433 e. The molecule has 0 radical (unpaired) electrons. The van der Waals surface area contributed by atoms with E-state index in [1.165, 1.54) is 4.72 Å². The first-order chi connectivity index (χ1) is 14.7. The quantitative estimate of drug-likeness (QED) is 0.537. The molecule has 0 spiro atoms. The van der Waals surface area contributed by atoms with Gasteiger partial charge in [-0.2, -0.15) is 21.6 Å². The van der Waals surface area contributed by atoms with Gasteiger partial charge in [0, 0.05) is 19.5 Å². The van der Waals surface area contributed by atoms with E-state index < -0.39 is 58.1 Å². The molecule has 1 heterocycles. The lowest BCUT2D eigenvalue weighted by molar-refractivity contribution is -0.141. The highest BCUT2D eigenvalue weighted by Gasteiger charge is 2.33. The summed E-state index contributed by atoms with van der Waals surface area (Å²) in [4.78, 5) is 28.8. The van der Waals surface area contributed by atoms with Gasteiger partial charge in [0.2, 0.25) is 5.91 Å². The van der Waals surface area contributed by atoms with E-state index in [0.717, 1.165) is 36.3 Å². The zero-order valence-corrected chi connectivity index (χ0v) is 17.0. The Morgan fingerprint density at radius 3 is 2.22 bits per heavy atom. The summed E-state index contributed by atoms with van der Waals surface area (Å²) in [5.41, 5.74) is -1.39. The Hall–Kier alpha value is -3.33. The molecule has 0 saturated carbocycles. The number of anilines is 1. The summed E-state index contributed by atoms with van der Waals surface area (Å²) in [6.07, 6.45) is -4.45. The number of carbonyl (C=O) groups excluding carboxylic acids is 2. The molecule has 0 bridgehead atoms. The van der Waals surface area contributed by atoms with E-state index in [4.69, 9.17) is 0 Å². The average molecular weight is 481 g/mol. The number of benzene rings is 1. The summed E-state index contributed by atoms with van der Waals surface area (Å²) in [5, 5.41) is 6.69. The van der Waals surface area contributed by atoms with Gasteiger partial charge < -0.3 is 10.2 Å². The van der Waals surface area contributed by atoms with Gasteiger partial charge in [-0.1, -0.05) is 0 Å². The van der Waals surface area contributed by atoms with Crippen molar-refractivity contribution in [2.24, 2.45) is 5.14 Å². The molecule has 174 valence electrons. The number of amides is 3. The van der Waals surface area contributed by atoms with Gasteiger partial charge in [0.25, 0.3) is 10.2 Å². The molecule has 32 heavy (non-hydrogen) atoms. The SMILES string of the molecule is CN(C(=O)[C@H](Cc1cc(F)cc(F)c1)NC(=O)NS(N)(=O)=O)c1ccc(C(F)(F)F)nc1. The highest BCUT2D eigenvalue weighted by Crippen LogP contribution is 2.28. The number of nitrogens with one attached hydrogen (secondary N) is 2. The molecule has 2 rings (SSSR count). The second-order valence-electron chi connectivity index (χ2n) is 6.45. The fraction of sp³-hybridized carbons (Fsp3) is 0.235. The number of alkyl halides is 3.